The molecule has 0 radical (unpaired) electrons. The second-order valence-electron chi connectivity index (χ2n) is 3.70. The van der Waals surface area contributed by atoms with Gasteiger partial charge >= 0.3 is 0 Å². The van der Waals surface area contributed by atoms with Crippen LogP contribution in [0.15, 0.2) is 24.3 Å². The van der Waals surface area contributed by atoms with Gasteiger partial charge in [0.05, 0.1) is 0 Å². The van der Waals surface area contributed by atoms with Crippen LogP contribution in [0, 0.1) is 0 Å². The van der Waals surface area contributed by atoms with E-state index in [1.807, 2.05) is 27.7 Å². The van der Waals surface area contributed by atoms with E-state index in [1.54, 1.807) is 11.1 Å². The SMILES string of the molecule is C.CC.CC.CCC1CCCc2ccccc21. The van der Waals surface area contributed by atoms with E-state index in [0.29, 0.717) is 0 Å². The van der Waals surface area contributed by atoms with Gasteiger partial charge in [-0.15, -0.1) is 0 Å². The lowest BCUT2D eigenvalue weighted by Crippen LogP contribution is -2.08. The zero-order valence-electron chi connectivity index (χ0n) is 11.7. The van der Waals surface area contributed by atoms with Crippen molar-refractivity contribution < 1.29 is 0 Å². The molecule has 2 rings (SSSR count). The van der Waals surface area contributed by atoms with Crippen molar-refractivity contribution in [3.8, 4) is 0 Å². The van der Waals surface area contributed by atoms with E-state index in [9.17, 15) is 0 Å². The molecular formula is C17H32. The van der Waals surface area contributed by atoms with E-state index < -0.39 is 0 Å². The summed E-state index contributed by atoms with van der Waals surface area (Å²) in [5, 5.41) is 0. The van der Waals surface area contributed by atoms with E-state index in [2.05, 4.69) is 31.2 Å². The summed E-state index contributed by atoms with van der Waals surface area (Å²) < 4.78 is 0. The predicted octanol–water partition coefficient (Wildman–Crippen LogP) is 6.21. The first-order chi connectivity index (χ1) is 7.92. The fourth-order valence-corrected chi connectivity index (χ4v) is 2.28. The molecule has 0 N–H and O–H groups in total. The summed E-state index contributed by atoms with van der Waals surface area (Å²) in [6, 6.07) is 8.93. The summed E-state index contributed by atoms with van der Waals surface area (Å²) in [4.78, 5) is 0. The van der Waals surface area contributed by atoms with Gasteiger partial charge in [-0.25, -0.2) is 0 Å². The van der Waals surface area contributed by atoms with Gasteiger partial charge < -0.3 is 0 Å². The molecule has 0 aromatic heterocycles. The molecular weight excluding hydrogens is 204 g/mol. The smallest absolute Gasteiger partial charge is 0.0162 e. The van der Waals surface area contributed by atoms with Gasteiger partial charge in [0.25, 0.3) is 0 Å². The van der Waals surface area contributed by atoms with Gasteiger partial charge in [0.2, 0.25) is 0 Å². The van der Waals surface area contributed by atoms with Crippen LogP contribution in [0.5, 0.6) is 0 Å². The summed E-state index contributed by atoms with van der Waals surface area (Å²) in [7, 11) is 0. The third-order valence-electron chi connectivity index (χ3n) is 2.99. The average Bonchev–Trinajstić information content (AvgIpc) is 2.42. The first kappa shape index (κ1) is 18.6. The predicted molar refractivity (Wildman–Crippen MR) is 81.8 cm³/mol. The summed E-state index contributed by atoms with van der Waals surface area (Å²) in [5.41, 5.74) is 3.21. The maximum Gasteiger partial charge on any atom is -0.0162 e. The molecule has 1 aliphatic rings. The highest BCUT2D eigenvalue weighted by atomic mass is 14.2. The van der Waals surface area contributed by atoms with Crippen LogP contribution in [0.25, 0.3) is 0 Å². The summed E-state index contributed by atoms with van der Waals surface area (Å²) in [6.07, 6.45) is 5.38. The fourth-order valence-electron chi connectivity index (χ4n) is 2.28. The van der Waals surface area contributed by atoms with Crippen LogP contribution in [0.2, 0.25) is 0 Å². The van der Waals surface area contributed by atoms with E-state index in [-0.39, 0.29) is 7.43 Å². The highest BCUT2D eigenvalue weighted by molar-refractivity contribution is 5.32. The van der Waals surface area contributed by atoms with Crippen molar-refractivity contribution in [3.63, 3.8) is 0 Å². The van der Waals surface area contributed by atoms with Crippen molar-refractivity contribution in [1.29, 1.82) is 0 Å². The van der Waals surface area contributed by atoms with Crippen LogP contribution in [-0.2, 0) is 6.42 Å². The molecule has 1 atom stereocenters. The van der Waals surface area contributed by atoms with Gasteiger partial charge in [0.15, 0.2) is 0 Å². The molecule has 0 aliphatic heterocycles. The second kappa shape index (κ2) is 11.7. The third kappa shape index (κ3) is 5.39. The molecule has 1 unspecified atom stereocenters. The zero-order valence-corrected chi connectivity index (χ0v) is 11.7. The highest BCUT2D eigenvalue weighted by Gasteiger charge is 2.17. The van der Waals surface area contributed by atoms with E-state index in [1.165, 1.54) is 25.7 Å². The Labute approximate surface area is 109 Å². The minimum absolute atomic E-state index is 0. The number of rotatable bonds is 1. The monoisotopic (exact) mass is 236 g/mol. The molecule has 0 heteroatoms. The number of benzene rings is 1. The van der Waals surface area contributed by atoms with Gasteiger partial charge in [0.1, 0.15) is 0 Å². The Morgan fingerprint density at radius 2 is 1.65 bits per heavy atom. The number of fused-ring (bicyclic) bond motifs is 1. The maximum atomic E-state index is 2.31. The Kier molecular flexibility index (Phi) is 12.8. The van der Waals surface area contributed by atoms with Crippen molar-refractivity contribution in [2.45, 2.75) is 73.6 Å². The minimum atomic E-state index is 0. The molecule has 100 valence electrons. The van der Waals surface area contributed by atoms with Gasteiger partial charge in [-0.2, -0.15) is 0 Å². The average molecular weight is 236 g/mol. The number of aryl methyl sites for hydroxylation is 1. The topological polar surface area (TPSA) is 0 Å². The summed E-state index contributed by atoms with van der Waals surface area (Å²) >= 11 is 0. The lowest BCUT2D eigenvalue weighted by atomic mass is 9.81. The Morgan fingerprint density at radius 1 is 1.06 bits per heavy atom. The van der Waals surface area contributed by atoms with Gasteiger partial charge in [0, 0.05) is 0 Å². The molecule has 1 aromatic rings. The Morgan fingerprint density at radius 3 is 2.24 bits per heavy atom. The molecule has 17 heavy (non-hydrogen) atoms. The van der Waals surface area contributed by atoms with Crippen LogP contribution >= 0.6 is 0 Å². The standard InChI is InChI=1S/C12H16.2C2H6.CH4/c1-2-10-7-5-8-11-6-3-4-9-12(10)11;2*1-2;/h3-4,6,9-10H,2,5,7-8H2,1H3;2*1-2H3;1H4. The molecule has 0 saturated heterocycles. The first-order valence-electron chi connectivity index (χ1n) is 6.99. The molecule has 1 aliphatic carbocycles. The quantitative estimate of drug-likeness (QED) is 0.544. The maximum absolute atomic E-state index is 2.31. The second-order valence-corrected chi connectivity index (χ2v) is 3.70. The molecule has 0 bridgehead atoms. The number of hydrogen-bond acceptors (Lipinski definition) is 0. The largest absolute Gasteiger partial charge is 0.0776 e. The zero-order chi connectivity index (χ0) is 12.4. The summed E-state index contributed by atoms with van der Waals surface area (Å²) in [5.74, 6) is 0.843. The van der Waals surface area contributed by atoms with Crippen LogP contribution in [0.3, 0.4) is 0 Å². The van der Waals surface area contributed by atoms with E-state index >= 15 is 0 Å². The lowest BCUT2D eigenvalue weighted by Gasteiger charge is -2.23. The van der Waals surface area contributed by atoms with Crippen molar-refractivity contribution in [3.05, 3.63) is 35.4 Å². The molecule has 0 saturated carbocycles. The number of hydrogen-bond donors (Lipinski definition) is 0. The molecule has 0 nitrogen and oxygen atoms in total. The highest BCUT2D eigenvalue weighted by Crippen LogP contribution is 2.33. The van der Waals surface area contributed by atoms with Gasteiger partial charge in [-0.1, -0.05) is 66.3 Å². The molecule has 0 spiro atoms. The first-order valence-corrected chi connectivity index (χ1v) is 6.99. The minimum Gasteiger partial charge on any atom is -0.0776 e. The Hall–Kier alpha value is -0.780. The van der Waals surface area contributed by atoms with Crippen LogP contribution in [0.4, 0.5) is 0 Å². The van der Waals surface area contributed by atoms with Crippen LogP contribution in [0.1, 0.15) is 78.4 Å². The third-order valence-corrected chi connectivity index (χ3v) is 2.99. The Balaban J connectivity index is 0. The van der Waals surface area contributed by atoms with Crippen molar-refractivity contribution >= 4 is 0 Å². The van der Waals surface area contributed by atoms with E-state index in [4.69, 9.17) is 0 Å². The molecule has 0 fully saturated rings. The fraction of sp³-hybridized carbons (Fsp3) is 0.647. The van der Waals surface area contributed by atoms with Crippen LogP contribution < -0.4 is 0 Å². The van der Waals surface area contributed by atoms with E-state index in [0.717, 1.165) is 5.92 Å². The van der Waals surface area contributed by atoms with Crippen molar-refractivity contribution in [2.75, 3.05) is 0 Å². The molecule has 0 amide bonds. The molecule has 1 aromatic carbocycles. The van der Waals surface area contributed by atoms with Gasteiger partial charge in [-0.3, -0.25) is 0 Å². The van der Waals surface area contributed by atoms with Crippen molar-refractivity contribution in [1.82, 2.24) is 0 Å². The lowest BCUT2D eigenvalue weighted by molar-refractivity contribution is 0.540. The summed E-state index contributed by atoms with van der Waals surface area (Å²) in [6.45, 7) is 10.3. The normalized spacial score (nSPS) is 16.2. The molecule has 0 heterocycles. The van der Waals surface area contributed by atoms with Crippen LogP contribution in [-0.4, -0.2) is 0 Å². The van der Waals surface area contributed by atoms with Gasteiger partial charge in [-0.05, 0) is 42.7 Å². The van der Waals surface area contributed by atoms with Crippen molar-refractivity contribution in [2.24, 2.45) is 0 Å². The Bertz CT molecular complexity index is 262.